The number of halogens is 2. The van der Waals surface area contributed by atoms with Crippen LogP contribution in [0, 0.1) is 17.6 Å². The number of rotatable bonds is 4. The predicted molar refractivity (Wildman–Crippen MR) is 103 cm³/mol. The first-order valence-electron chi connectivity index (χ1n) is 9.09. The average Bonchev–Trinajstić information content (AvgIpc) is 3.08. The molecule has 0 N–H and O–H groups in total. The highest BCUT2D eigenvalue weighted by Crippen LogP contribution is 2.36. The molecule has 3 rings (SSSR count). The Morgan fingerprint density at radius 3 is 2.56 bits per heavy atom. The highest BCUT2D eigenvalue weighted by molar-refractivity contribution is 5.82. The second-order valence-corrected chi connectivity index (χ2v) is 7.36. The van der Waals surface area contributed by atoms with Crippen molar-refractivity contribution in [1.82, 2.24) is 9.80 Å². The number of benzene rings is 2. The Balaban J connectivity index is 1.97. The molecule has 0 saturated heterocycles. The normalized spacial score (nSPS) is 16.6. The summed E-state index contributed by atoms with van der Waals surface area (Å²) in [6.45, 7) is 4.96. The van der Waals surface area contributed by atoms with Gasteiger partial charge in [0.25, 0.3) is 0 Å². The summed E-state index contributed by atoms with van der Waals surface area (Å²) in [4.78, 5) is 16.4. The van der Waals surface area contributed by atoms with E-state index in [1.807, 2.05) is 50.3 Å². The summed E-state index contributed by atoms with van der Waals surface area (Å²) in [6, 6.07) is 12.6. The van der Waals surface area contributed by atoms with Crippen LogP contribution >= 0.6 is 0 Å². The van der Waals surface area contributed by atoms with E-state index < -0.39 is 11.6 Å². The van der Waals surface area contributed by atoms with Crippen LogP contribution in [0.25, 0.3) is 5.57 Å². The molecule has 2 aromatic carbocycles. The Morgan fingerprint density at radius 1 is 1.19 bits per heavy atom. The van der Waals surface area contributed by atoms with Crippen molar-refractivity contribution in [3.8, 4) is 0 Å². The van der Waals surface area contributed by atoms with Gasteiger partial charge in [-0.2, -0.15) is 0 Å². The van der Waals surface area contributed by atoms with Gasteiger partial charge in [0.05, 0.1) is 6.04 Å². The average molecular weight is 370 g/mol. The van der Waals surface area contributed by atoms with Crippen LogP contribution in [0.4, 0.5) is 13.6 Å². The van der Waals surface area contributed by atoms with Gasteiger partial charge in [-0.15, -0.1) is 0 Å². The lowest BCUT2D eigenvalue weighted by molar-refractivity contribution is 0.157. The molecule has 3 nitrogen and oxygen atoms in total. The van der Waals surface area contributed by atoms with Crippen molar-refractivity contribution in [3.05, 3.63) is 77.4 Å². The minimum atomic E-state index is -0.495. The maximum atomic E-state index is 14.3. The van der Waals surface area contributed by atoms with E-state index in [1.54, 1.807) is 16.8 Å². The van der Waals surface area contributed by atoms with Crippen LogP contribution in [-0.4, -0.2) is 36.0 Å². The van der Waals surface area contributed by atoms with Crippen LogP contribution in [-0.2, 0) is 0 Å². The van der Waals surface area contributed by atoms with E-state index in [2.05, 4.69) is 0 Å². The monoisotopic (exact) mass is 370 g/mol. The van der Waals surface area contributed by atoms with Gasteiger partial charge in [-0.05, 0) is 35.3 Å². The van der Waals surface area contributed by atoms with E-state index in [-0.39, 0.29) is 24.2 Å². The molecule has 0 radical (unpaired) electrons. The molecule has 2 aromatic rings. The van der Waals surface area contributed by atoms with Crippen LogP contribution in [0.1, 0.15) is 31.0 Å². The number of carbonyl (C=O) groups excluding carboxylic acids is 1. The van der Waals surface area contributed by atoms with Crippen LogP contribution in [0.2, 0.25) is 0 Å². The molecule has 5 heteroatoms. The number of carbonyl (C=O) groups is 1. The largest absolute Gasteiger partial charge is 0.327 e. The van der Waals surface area contributed by atoms with Crippen LogP contribution < -0.4 is 0 Å². The summed E-state index contributed by atoms with van der Waals surface area (Å²) in [7, 11) is 1.77. The Kier molecular flexibility index (Phi) is 5.59. The summed E-state index contributed by atoms with van der Waals surface area (Å²) in [5.41, 5.74) is 1.76. The fourth-order valence-corrected chi connectivity index (χ4v) is 3.49. The van der Waals surface area contributed by atoms with Crippen molar-refractivity contribution >= 4 is 11.6 Å². The highest BCUT2D eigenvalue weighted by Gasteiger charge is 2.33. The molecule has 0 bridgehead atoms. The van der Waals surface area contributed by atoms with Crippen LogP contribution in [0.15, 0.2) is 54.6 Å². The van der Waals surface area contributed by atoms with Crippen molar-refractivity contribution in [2.45, 2.75) is 19.9 Å². The fourth-order valence-electron chi connectivity index (χ4n) is 3.49. The number of urea groups is 1. The smallest absolute Gasteiger partial charge is 0.320 e. The van der Waals surface area contributed by atoms with E-state index >= 15 is 0 Å². The number of hydrogen-bond donors (Lipinski definition) is 0. The van der Waals surface area contributed by atoms with Gasteiger partial charge < -0.3 is 9.80 Å². The lowest BCUT2D eigenvalue weighted by atomic mass is 10.0. The molecule has 2 amide bonds. The second kappa shape index (κ2) is 7.91. The maximum Gasteiger partial charge on any atom is 0.320 e. The molecule has 1 heterocycles. The van der Waals surface area contributed by atoms with Gasteiger partial charge >= 0.3 is 6.03 Å². The first-order valence-corrected chi connectivity index (χ1v) is 9.09. The fraction of sp³-hybridized carbons (Fsp3) is 0.318. The summed E-state index contributed by atoms with van der Waals surface area (Å²) < 4.78 is 28.0. The molecule has 1 atom stereocenters. The first-order chi connectivity index (χ1) is 12.9. The van der Waals surface area contributed by atoms with Gasteiger partial charge in [-0.25, -0.2) is 13.6 Å². The third-order valence-electron chi connectivity index (χ3n) is 4.66. The molecular weight excluding hydrogens is 346 g/mol. The van der Waals surface area contributed by atoms with Gasteiger partial charge in [0.15, 0.2) is 0 Å². The van der Waals surface area contributed by atoms with E-state index in [9.17, 15) is 13.6 Å². The molecule has 0 aliphatic carbocycles. The quantitative estimate of drug-likeness (QED) is 0.733. The molecule has 0 spiro atoms. The number of hydrogen-bond acceptors (Lipinski definition) is 1. The third-order valence-corrected chi connectivity index (χ3v) is 4.66. The number of nitrogens with zero attached hydrogens (tertiary/aromatic N) is 2. The zero-order valence-corrected chi connectivity index (χ0v) is 15.8. The molecule has 142 valence electrons. The SMILES string of the molecule is CC(C)CN(C)C(=O)N1CC(c2cc(F)ccc2F)=CC1c1ccccc1. The van der Waals surface area contributed by atoms with Gasteiger partial charge in [0.2, 0.25) is 0 Å². The zero-order chi connectivity index (χ0) is 19.6. The Labute approximate surface area is 158 Å². The van der Waals surface area contributed by atoms with Crippen LogP contribution in [0.3, 0.4) is 0 Å². The predicted octanol–water partition coefficient (Wildman–Crippen LogP) is 5.11. The van der Waals surface area contributed by atoms with E-state index in [0.717, 1.165) is 17.7 Å². The zero-order valence-electron chi connectivity index (χ0n) is 15.8. The van der Waals surface area contributed by atoms with Crippen LogP contribution in [0.5, 0.6) is 0 Å². The minimum absolute atomic E-state index is 0.124. The molecule has 1 unspecified atom stereocenters. The maximum absolute atomic E-state index is 14.3. The van der Waals surface area contributed by atoms with Crippen molar-refractivity contribution in [3.63, 3.8) is 0 Å². The van der Waals surface area contributed by atoms with E-state index in [0.29, 0.717) is 18.0 Å². The Bertz CT molecular complexity index is 849. The van der Waals surface area contributed by atoms with Crippen molar-refractivity contribution in [2.24, 2.45) is 5.92 Å². The van der Waals surface area contributed by atoms with E-state index in [4.69, 9.17) is 0 Å². The lowest BCUT2D eigenvalue weighted by Crippen LogP contribution is -2.42. The highest BCUT2D eigenvalue weighted by atomic mass is 19.1. The van der Waals surface area contributed by atoms with Gasteiger partial charge in [0.1, 0.15) is 11.6 Å². The van der Waals surface area contributed by atoms with Crippen molar-refractivity contribution < 1.29 is 13.6 Å². The van der Waals surface area contributed by atoms with Gasteiger partial charge in [-0.1, -0.05) is 50.3 Å². The summed E-state index contributed by atoms with van der Waals surface area (Å²) in [6.07, 6.45) is 1.86. The van der Waals surface area contributed by atoms with Crippen molar-refractivity contribution in [2.75, 3.05) is 20.1 Å². The summed E-state index contributed by atoms with van der Waals surface area (Å²) in [5, 5.41) is 0. The molecule has 0 aromatic heterocycles. The van der Waals surface area contributed by atoms with Gasteiger partial charge in [-0.3, -0.25) is 0 Å². The lowest BCUT2D eigenvalue weighted by Gasteiger charge is -2.31. The molecule has 27 heavy (non-hydrogen) atoms. The molecule has 0 saturated carbocycles. The summed E-state index contributed by atoms with van der Waals surface area (Å²) >= 11 is 0. The Morgan fingerprint density at radius 2 is 1.89 bits per heavy atom. The first kappa shape index (κ1) is 19.1. The molecule has 0 fully saturated rings. The summed E-state index contributed by atoms with van der Waals surface area (Å²) in [5.74, 6) is -0.644. The third kappa shape index (κ3) is 4.18. The minimum Gasteiger partial charge on any atom is -0.327 e. The number of amides is 2. The molecule has 1 aliphatic rings. The standard InChI is InChI=1S/C22H24F2N2O/c1-15(2)13-25(3)22(27)26-14-17(19-12-18(23)9-10-20(19)24)11-21(26)16-7-5-4-6-8-16/h4-12,15,21H,13-14H2,1-3H3. The topological polar surface area (TPSA) is 23.6 Å². The van der Waals surface area contributed by atoms with Gasteiger partial charge in [0, 0.05) is 25.7 Å². The molecular formula is C22H24F2N2O. The second-order valence-electron chi connectivity index (χ2n) is 7.36. The molecule has 1 aliphatic heterocycles. The van der Waals surface area contributed by atoms with Crippen molar-refractivity contribution in [1.29, 1.82) is 0 Å². The Hall–Kier alpha value is -2.69. The van der Waals surface area contributed by atoms with E-state index in [1.165, 1.54) is 6.07 Å².